The van der Waals surface area contributed by atoms with Crippen molar-refractivity contribution in [2.45, 2.75) is 19.0 Å². The Morgan fingerprint density at radius 1 is 1.00 bits per heavy atom. The summed E-state index contributed by atoms with van der Waals surface area (Å²) in [6.07, 6.45) is 2.48. The van der Waals surface area contributed by atoms with E-state index in [-0.39, 0.29) is 18.4 Å². The average molecular weight is 433 g/mol. The Morgan fingerprint density at radius 2 is 1.67 bits per heavy atom. The standard InChI is InChI=1S/C22H28N2O5S/c1-27-18-11-16(12-19(13-18)28-2)14-23-22(26)20(9-10-30-3)24-21(25)15-29-17-7-5-4-6-8-17/h4-8,11-13,20H,9-10,14-15H2,1-3H3,(H,23,26)(H,24,25). The molecular formula is C22H28N2O5S. The van der Waals surface area contributed by atoms with Crippen LogP contribution in [-0.4, -0.2) is 50.7 Å². The summed E-state index contributed by atoms with van der Waals surface area (Å²) in [5, 5.41) is 5.64. The molecule has 2 N–H and O–H groups in total. The van der Waals surface area contributed by atoms with Crippen molar-refractivity contribution in [2.75, 3.05) is 32.8 Å². The van der Waals surface area contributed by atoms with Gasteiger partial charge in [0.25, 0.3) is 5.91 Å². The first-order valence-corrected chi connectivity index (χ1v) is 10.9. The Hall–Kier alpha value is -2.87. The van der Waals surface area contributed by atoms with Crippen LogP contribution in [0.25, 0.3) is 0 Å². The van der Waals surface area contributed by atoms with Gasteiger partial charge in [0.05, 0.1) is 14.2 Å². The zero-order chi connectivity index (χ0) is 21.8. The minimum absolute atomic E-state index is 0.153. The van der Waals surface area contributed by atoms with E-state index in [0.29, 0.717) is 30.2 Å². The van der Waals surface area contributed by atoms with Gasteiger partial charge in [0.1, 0.15) is 23.3 Å². The van der Waals surface area contributed by atoms with Gasteiger partial charge in [-0.15, -0.1) is 0 Å². The van der Waals surface area contributed by atoms with Crippen molar-refractivity contribution in [3.63, 3.8) is 0 Å². The number of amides is 2. The highest BCUT2D eigenvalue weighted by Crippen LogP contribution is 2.22. The van der Waals surface area contributed by atoms with Gasteiger partial charge in [0.2, 0.25) is 5.91 Å². The summed E-state index contributed by atoms with van der Waals surface area (Å²) in [4.78, 5) is 25.0. The van der Waals surface area contributed by atoms with Crippen LogP contribution >= 0.6 is 11.8 Å². The van der Waals surface area contributed by atoms with Gasteiger partial charge in [-0.25, -0.2) is 0 Å². The number of para-hydroxylation sites is 1. The molecule has 0 aliphatic heterocycles. The van der Waals surface area contributed by atoms with Crippen LogP contribution in [0.3, 0.4) is 0 Å². The maximum atomic E-state index is 12.7. The maximum absolute atomic E-state index is 12.7. The summed E-state index contributed by atoms with van der Waals surface area (Å²) in [5.41, 5.74) is 0.835. The zero-order valence-corrected chi connectivity index (χ0v) is 18.3. The second kappa shape index (κ2) is 12.6. The summed E-state index contributed by atoms with van der Waals surface area (Å²) in [7, 11) is 3.14. The molecule has 0 spiro atoms. The number of benzene rings is 2. The number of hydrogen-bond acceptors (Lipinski definition) is 6. The molecule has 7 nitrogen and oxygen atoms in total. The quantitative estimate of drug-likeness (QED) is 0.536. The van der Waals surface area contributed by atoms with Crippen molar-refractivity contribution >= 4 is 23.6 Å². The highest BCUT2D eigenvalue weighted by molar-refractivity contribution is 7.98. The molecule has 0 radical (unpaired) electrons. The van der Waals surface area contributed by atoms with Crippen LogP contribution in [0.5, 0.6) is 17.2 Å². The fourth-order valence-electron chi connectivity index (χ4n) is 2.69. The SMILES string of the molecule is COc1cc(CNC(=O)C(CCSC)NC(=O)COc2ccccc2)cc(OC)c1. The number of rotatable bonds is 12. The maximum Gasteiger partial charge on any atom is 0.258 e. The summed E-state index contributed by atoms with van der Waals surface area (Å²) < 4.78 is 16.0. The molecule has 162 valence electrons. The van der Waals surface area contributed by atoms with Crippen molar-refractivity contribution < 1.29 is 23.8 Å². The molecule has 2 aromatic carbocycles. The van der Waals surface area contributed by atoms with E-state index >= 15 is 0 Å². The molecule has 2 amide bonds. The van der Waals surface area contributed by atoms with Gasteiger partial charge in [-0.1, -0.05) is 18.2 Å². The Kier molecular flexibility index (Phi) is 9.86. The Balaban J connectivity index is 1.93. The van der Waals surface area contributed by atoms with Gasteiger partial charge in [-0.05, 0) is 48.3 Å². The van der Waals surface area contributed by atoms with Gasteiger partial charge < -0.3 is 24.8 Å². The van der Waals surface area contributed by atoms with Gasteiger partial charge >= 0.3 is 0 Å². The molecule has 0 bridgehead atoms. The van der Waals surface area contributed by atoms with Crippen LogP contribution in [0.4, 0.5) is 0 Å². The van der Waals surface area contributed by atoms with Crippen molar-refractivity contribution in [2.24, 2.45) is 0 Å². The molecule has 0 aromatic heterocycles. The number of ether oxygens (including phenoxy) is 3. The zero-order valence-electron chi connectivity index (χ0n) is 17.5. The first-order chi connectivity index (χ1) is 14.5. The second-order valence-corrected chi connectivity index (χ2v) is 7.43. The highest BCUT2D eigenvalue weighted by atomic mass is 32.2. The largest absolute Gasteiger partial charge is 0.497 e. The molecule has 0 saturated heterocycles. The molecular weight excluding hydrogens is 404 g/mol. The Morgan fingerprint density at radius 3 is 2.27 bits per heavy atom. The third-order valence-electron chi connectivity index (χ3n) is 4.25. The third-order valence-corrected chi connectivity index (χ3v) is 4.90. The van der Waals surface area contributed by atoms with E-state index < -0.39 is 6.04 Å². The Bertz CT molecular complexity index is 794. The van der Waals surface area contributed by atoms with E-state index in [1.807, 2.05) is 36.6 Å². The van der Waals surface area contributed by atoms with E-state index in [4.69, 9.17) is 14.2 Å². The summed E-state index contributed by atoms with van der Waals surface area (Å²) in [6, 6.07) is 13.8. The van der Waals surface area contributed by atoms with E-state index in [9.17, 15) is 9.59 Å². The minimum Gasteiger partial charge on any atom is -0.497 e. The monoisotopic (exact) mass is 432 g/mol. The van der Waals surface area contributed by atoms with Crippen molar-refractivity contribution in [3.05, 3.63) is 54.1 Å². The van der Waals surface area contributed by atoms with Crippen LogP contribution in [0.1, 0.15) is 12.0 Å². The number of carbonyl (C=O) groups excluding carboxylic acids is 2. The molecule has 0 heterocycles. The van der Waals surface area contributed by atoms with Crippen LogP contribution in [0.2, 0.25) is 0 Å². The first kappa shape index (κ1) is 23.4. The van der Waals surface area contributed by atoms with Crippen molar-refractivity contribution in [1.82, 2.24) is 10.6 Å². The summed E-state index contributed by atoms with van der Waals surface area (Å²) in [6.45, 7) is 0.138. The molecule has 0 aliphatic carbocycles. The molecule has 0 aliphatic rings. The number of thioether (sulfide) groups is 1. The van der Waals surface area contributed by atoms with Crippen LogP contribution in [0.15, 0.2) is 48.5 Å². The number of methoxy groups -OCH3 is 2. The molecule has 30 heavy (non-hydrogen) atoms. The van der Waals surface area contributed by atoms with Gasteiger partial charge in [0, 0.05) is 12.6 Å². The predicted molar refractivity (Wildman–Crippen MR) is 118 cm³/mol. The van der Waals surface area contributed by atoms with Crippen LogP contribution in [0, 0.1) is 0 Å². The lowest BCUT2D eigenvalue weighted by molar-refractivity contribution is -0.130. The molecule has 1 unspecified atom stereocenters. The number of hydrogen-bond donors (Lipinski definition) is 2. The number of carbonyl (C=O) groups is 2. The third kappa shape index (κ3) is 7.87. The fourth-order valence-corrected chi connectivity index (χ4v) is 3.16. The molecule has 0 saturated carbocycles. The predicted octanol–water partition coefficient (Wildman–Crippen LogP) is 2.64. The lowest BCUT2D eigenvalue weighted by Crippen LogP contribution is -2.48. The highest BCUT2D eigenvalue weighted by Gasteiger charge is 2.20. The minimum atomic E-state index is -0.642. The molecule has 2 aromatic rings. The summed E-state index contributed by atoms with van der Waals surface area (Å²) >= 11 is 1.61. The lowest BCUT2D eigenvalue weighted by Gasteiger charge is -2.19. The molecule has 2 rings (SSSR count). The smallest absolute Gasteiger partial charge is 0.258 e. The van der Waals surface area contributed by atoms with Gasteiger partial charge in [-0.3, -0.25) is 9.59 Å². The second-order valence-electron chi connectivity index (χ2n) is 6.44. The van der Waals surface area contributed by atoms with Crippen LogP contribution < -0.4 is 24.8 Å². The number of nitrogens with one attached hydrogen (secondary N) is 2. The molecule has 0 fully saturated rings. The molecule has 1 atom stereocenters. The summed E-state index contributed by atoms with van der Waals surface area (Å²) in [5.74, 6) is 2.03. The van der Waals surface area contributed by atoms with Gasteiger partial charge in [0.15, 0.2) is 6.61 Å². The fraction of sp³-hybridized carbons (Fsp3) is 0.364. The lowest BCUT2D eigenvalue weighted by atomic mass is 10.1. The van der Waals surface area contributed by atoms with Gasteiger partial charge in [-0.2, -0.15) is 11.8 Å². The topological polar surface area (TPSA) is 85.9 Å². The van der Waals surface area contributed by atoms with Crippen molar-refractivity contribution in [1.29, 1.82) is 0 Å². The van der Waals surface area contributed by atoms with Crippen LogP contribution in [-0.2, 0) is 16.1 Å². The Labute approximate surface area is 181 Å². The van der Waals surface area contributed by atoms with Crippen molar-refractivity contribution in [3.8, 4) is 17.2 Å². The normalized spacial score (nSPS) is 11.3. The molecule has 8 heteroatoms. The average Bonchev–Trinajstić information content (AvgIpc) is 2.79. The van der Waals surface area contributed by atoms with E-state index in [1.165, 1.54) is 0 Å². The van der Waals surface area contributed by atoms with E-state index in [1.54, 1.807) is 44.2 Å². The van der Waals surface area contributed by atoms with E-state index in [0.717, 1.165) is 11.3 Å². The van der Waals surface area contributed by atoms with E-state index in [2.05, 4.69) is 10.6 Å². The first-order valence-electron chi connectivity index (χ1n) is 9.51.